The summed E-state index contributed by atoms with van der Waals surface area (Å²) in [5.74, 6) is 0.273. The zero-order chi connectivity index (χ0) is 47.8. The predicted octanol–water partition coefficient (Wildman–Crippen LogP) is 15.9. The van der Waals surface area contributed by atoms with Gasteiger partial charge in [-0.3, -0.25) is 9.59 Å². The predicted molar refractivity (Wildman–Crippen MR) is 283 cm³/mol. The van der Waals surface area contributed by atoms with Gasteiger partial charge in [-0.25, -0.2) is 4.79 Å². The molecule has 1 amide bonds. The molecule has 2 rings (SSSR count). The molecule has 1 aliphatic heterocycles. The summed E-state index contributed by atoms with van der Waals surface area (Å²) in [6.45, 7) is 13.1. The van der Waals surface area contributed by atoms with Gasteiger partial charge < -0.3 is 24.1 Å². The van der Waals surface area contributed by atoms with Crippen LogP contribution in [0.15, 0.2) is 24.3 Å². The van der Waals surface area contributed by atoms with Crippen molar-refractivity contribution in [1.29, 1.82) is 0 Å². The lowest BCUT2D eigenvalue weighted by atomic mass is 9.94. The third-order valence-corrected chi connectivity index (χ3v) is 13.6. The van der Waals surface area contributed by atoms with Crippen molar-refractivity contribution in [3.05, 3.63) is 45.2 Å². The minimum Gasteiger partial charge on any atom is -0.465 e. The second kappa shape index (κ2) is 43.5. The van der Waals surface area contributed by atoms with Crippen LogP contribution < -0.4 is 0 Å². The summed E-state index contributed by atoms with van der Waals surface area (Å²) in [5, 5.41) is 0. The summed E-state index contributed by atoms with van der Waals surface area (Å²) >= 11 is 1.61. The zero-order valence-electron chi connectivity index (χ0n) is 43.1. The van der Waals surface area contributed by atoms with Gasteiger partial charge in [0.1, 0.15) is 12.4 Å². The number of carbonyl (C=O) groups is 4. The third kappa shape index (κ3) is 32.8. The number of likely N-dealkylation sites (N-methyl/N-ethyl adjacent to an activating group) is 1. The number of aryl methyl sites for hydroxylation is 1. The molecule has 0 saturated heterocycles. The Morgan fingerprint density at radius 2 is 1.17 bits per heavy atom. The molecule has 0 unspecified atom stereocenters. The molecule has 0 saturated carbocycles. The van der Waals surface area contributed by atoms with Crippen molar-refractivity contribution in [2.24, 2.45) is 5.92 Å². The van der Waals surface area contributed by atoms with Crippen LogP contribution in [0.1, 0.15) is 253 Å². The molecule has 0 atom stereocenters. The van der Waals surface area contributed by atoms with Crippen LogP contribution in [0.4, 0.5) is 0 Å². The number of amides is 1. The van der Waals surface area contributed by atoms with E-state index in [1.54, 1.807) is 18.3 Å². The number of carbonyl (C=O) groups excluding carboxylic acids is 4. The van der Waals surface area contributed by atoms with E-state index in [2.05, 4.69) is 45.1 Å². The van der Waals surface area contributed by atoms with Gasteiger partial charge in [0.25, 0.3) is 0 Å². The third-order valence-electron chi connectivity index (χ3n) is 12.5. The number of ketones is 1. The number of fused-ring (bicyclic) bond motifs is 1. The topological polar surface area (TPSA) is 93.2 Å². The lowest BCUT2D eigenvalue weighted by Gasteiger charge is -2.27. The van der Waals surface area contributed by atoms with Crippen molar-refractivity contribution < 1.29 is 28.7 Å². The molecule has 0 bridgehead atoms. The number of nitrogens with zero attached hydrogens (tertiary/aromatic N) is 2. The Kier molecular flexibility index (Phi) is 41.7. The van der Waals surface area contributed by atoms with Crippen LogP contribution in [0.5, 0.6) is 0 Å². The summed E-state index contributed by atoms with van der Waals surface area (Å²) in [6.07, 6.45) is 44.1. The Bertz CT molecular complexity index is 1420. The summed E-state index contributed by atoms with van der Waals surface area (Å²) in [6, 6.07) is 0. The van der Waals surface area contributed by atoms with E-state index in [-0.39, 0.29) is 31.2 Å². The van der Waals surface area contributed by atoms with E-state index in [4.69, 9.17) is 9.47 Å². The van der Waals surface area contributed by atoms with Gasteiger partial charge >= 0.3 is 11.9 Å². The van der Waals surface area contributed by atoms with Crippen molar-refractivity contribution in [3.8, 4) is 0 Å². The maximum Gasteiger partial charge on any atom is 0.339 e. The van der Waals surface area contributed by atoms with E-state index < -0.39 is 0 Å². The van der Waals surface area contributed by atoms with E-state index in [1.807, 2.05) is 30.8 Å². The maximum absolute atomic E-state index is 13.0. The Balaban J connectivity index is 0.00000169. The number of ether oxygens (including phenoxy) is 2. The van der Waals surface area contributed by atoms with Crippen molar-refractivity contribution in [3.63, 3.8) is 0 Å². The van der Waals surface area contributed by atoms with Crippen LogP contribution in [-0.4, -0.2) is 73.8 Å². The van der Waals surface area contributed by atoms with Gasteiger partial charge in [0.2, 0.25) is 5.91 Å². The lowest BCUT2D eigenvalue weighted by molar-refractivity contribution is -0.149. The summed E-state index contributed by atoms with van der Waals surface area (Å²) in [7, 11) is 3.91. The smallest absolute Gasteiger partial charge is 0.339 e. The monoisotopic (exact) mass is 943 g/mol. The maximum atomic E-state index is 13.0. The highest BCUT2D eigenvalue weighted by molar-refractivity contribution is 7.12. The molecule has 8 nitrogen and oxygen atoms in total. The molecule has 1 aromatic heterocycles. The molecule has 9 heteroatoms. The molecule has 0 aliphatic carbocycles. The van der Waals surface area contributed by atoms with Gasteiger partial charge in [0.05, 0.1) is 24.6 Å². The van der Waals surface area contributed by atoms with Gasteiger partial charge in [-0.15, -0.1) is 11.3 Å². The number of rotatable bonds is 39. The van der Waals surface area contributed by atoms with Crippen molar-refractivity contribution >= 4 is 35.0 Å². The molecular weight excluding hydrogens is 841 g/mol. The first-order valence-corrected chi connectivity index (χ1v) is 27.5. The number of allylic oxidation sites excluding steroid dienone is 4. The van der Waals surface area contributed by atoms with Gasteiger partial charge in [-0.2, -0.15) is 0 Å². The lowest BCUT2D eigenvalue weighted by Crippen LogP contribution is -2.35. The standard InChI is InChI=1S/C37H64N2O5S.C19H34O.CH4/c1-6-8-10-12-14-17-21-31(22-18-15-13-11-9-7-2)36(41)43-27-20-16-19-23-34(40)39-25-24-32-33(29-39)45-30(3)35(32)37(42)44-28-26-38(4)5;1-3-4-5-6-7-8-9-10-11-12-13-14-15-16-17-18-19(2)20;/h31H,6-29H2,1-5H3;7-8,10-11H,3-6,9,12-18H2,1-2H3;1H4/b;8-7-,11-10-;. The van der Waals surface area contributed by atoms with Crippen molar-refractivity contribution in [2.75, 3.05) is 40.4 Å². The van der Waals surface area contributed by atoms with Crippen LogP contribution >= 0.6 is 11.3 Å². The summed E-state index contributed by atoms with van der Waals surface area (Å²) < 4.78 is 11.3. The number of hydrogen-bond acceptors (Lipinski definition) is 8. The highest BCUT2D eigenvalue weighted by Gasteiger charge is 2.29. The minimum absolute atomic E-state index is 0. The number of unbranched alkanes of at least 4 members (excludes halogenated alkanes) is 20. The second-order valence-electron chi connectivity index (χ2n) is 18.9. The highest BCUT2D eigenvalue weighted by atomic mass is 32.1. The normalized spacial score (nSPS) is 12.4. The first kappa shape index (κ1) is 63.2. The van der Waals surface area contributed by atoms with Crippen molar-refractivity contribution in [1.82, 2.24) is 9.80 Å². The SMILES string of the molecule is C.CCCCC/C=C\C/C=C\CCCCCCCC(C)=O.CCCCCCCCC(CCCCCCCC)C(=O)OCCCCCC(=O)N1CCc2c(sc(C)c2C(=O)OCCN(C)C)C1. The molecule has 0 radical (unpaired) electrons. The van der Waals surface area contributed by atoms with Crippen molar-refractivity contribution in [2.45, 2.75) is 248 Å². The fourth-order valence-corrected chi connectivity index (χ4v) is 9.55. The summed E-state index contributed by atoms with van der Waals surface area (Å²) in [4.78, 5) is 55.4. The molecule has 66 heavy (non-hydrogen) atoms. The summed E-state index contributed by atoms with van der Waals surface area (Å²) in [5.41, 5.74) is 1.76. The molecule has 1 aromatic rings. The van der Waals surface area contributed by atoms with Crippen LogP contribution in [0, 0.1) is 12.8 Å². The quantitative estimate of drug-likeness (QED) is 0.0369. The fraction of sp³-hybridized carbons (Fsp3) is 0.789. The minimum atomic E-state index is -0.247. The van der Waals surface area contributed by atoms with Gasteiger partial charge in [0.15, 0.2) is 0 Å². The van der Waals surface area contributed by atoms with E-state index >= 15 is 0 Å². The Morgan fingerprint density at radius 1 is 0.652 bits per heavy atom. The largest absolute Gasteiger partial charge is 0.465 e. The molecule has 0 fully saturated rings. The Hall–Kier alpha value is -2.78. The average Bonchev–Trinajstić information content (AvgIpc) is 3.62. The number of esters is 2. The van der Waals surface area contributed by atoms with Crippen LogP contribution in [0.3, 0.4) is 0 Å². The number of thiophene rings is 1. The first-order valence-electron chi connectivity index (χ1n) is 26.7. The molecule has 1 aliphatic rings. The highest BCUT2D eigenvalue weighted by Crippen LogP contribution is 2.33. The molecule has 0 aromatic carbocycles. The molecule has 0 N–H and O–H groups in total. The van der Waals surface area contributed by atoms with E-state index in [9.17, 15) is 19.2 Å². The number of Topliss-reactive ketones (excluding diaryl/α,β-unsaturated/α-hetero) is 1. The Morgan fingerprint density at radius 3 is 1.76 bits per heavy atom. The van der Waals surface area contributed by atoms with E-state index in [0.29, 0.717) is 57.0 Å². The zero-order valence-corrected chi connectivity index (χ0v) is 43.9. The Labute approximate surface area is 410 Å². The average molecular weight is 944 g/mol. The molecular formula is C57H102N2O6S. The molecule has 382 valence electrons. The number of hydrogen-bond donors (Lipinski definition) is 0. The first-order chi connectivity index (χ1) is 31.5. The molecule has 0 spiro atoms. The van der Waals surface area contributed by atoms with Gasteiger partial charge in [-0.05, 0) is 111 Å². The van der Waals surface area contributed by atoms with Gasteiger partial charge in [-0.1, -0.05) is 162 Å². The van der Waals surface area contributed by atoms with Crippen LogP contribution in [0.25, 0.3) is 0 Å². The van der Waals surface area contributed by atoms with E-state index in [1.165, 1.54) is 122 Å². The second-order valence-corrected chi connectivity index (χ2v) is 20.2. The van der Waals surface area contributed by atoms with E-state index in [0.717, 1.165) is 79.5 Å². The molecule has 2 heterocycles. The van der Waals surface area contributed by atoms with Gasteiger partial charge in [0, 0.05) is 35.7 Å². The fourth-order valence-electron chi connectivity index (χ4n) is 8.32. The van der Waals surface area contributed by atoms with Crippen LogP contribution in [0.2, 0.25) is 0 Å². The van der Waals surface area contributed by atoms with Crippen LogP contribution in [-0.2, 0) is 36.8 Å².